The minimum Gasteiger partial charge on any atom is -0.305 e. The molecule has 0 saturated heterocycles. The molecule has 1 N–H and O–H groups in total. The van der Waals surface area contributed by atoms with Gasteiger partial charge in [-0.1, -0.05) is 6.07 Å². The van der Waals surface area contributed by atoms with E-state index in [1.807, 2.05) is 25.1 Å². The number of aromatic nitrogens is 1. The topological polar surface area (TPSA) is 48.7 Å². The average molecular weight is 255 g/mol. The van der Waals surface area contributed by atoms with Crippen molar-refractivity contribution in [1.82, 2.24) is 10.3 Å². The summed E-state index contributed by atoms with van der Waals surface area (Å²) in [5.41, 5.74) is 2.06. The Labute approximate surface area is 111 Å². The summed E-state index contributed by atoms with van der Waals surface area (Å²) in [4.78, 5) is 4.25. The highest BCUT2D eigenvalue weighted by atomic mass is 19.1. The first kappa shape index (κ1) is 13.2. The Balaban J connectivity index is 2.07. The molecular weight excluding hydrogens is 241 g/mol. The minimum atomic E-state index is -0.332. The van der Waals surface area contributed by atoms with Gasteiger partial charge in [0.25, 0.3) is 0 Å². The van der Waals surface area contributed by atoms with Crippen LogP contribution in [0.15, 0.2) is 42.6 Å². The van der Waals surface area contributed by atoms with E-state index >= 15 is 0 Å². The third-order valence-corrected chi connectivity index (χ3v) is 2.92. The van der Waals surface area contributed by atoms with Crippen molar-refractivity contribution in [3.8, 4) is 6.07 Å². The van der Waals surface area contributed by atoms with Crippen LogP contribution in [0.4, 0.5) is 4.39 Å². The Morgan fingerprint density at radius 3 is 2.89 bits per heavy atom. The summed E-state index contributed by atoms with van der Waals surface area (Å²) in [7, 11) is 0. The Bertz CT molecular complexity index is 590. The highest BCUT2D eigenvalue weighted by Crippen LogP contribution is 2.13. The molecule has 0 aliphatic rings. The maximum atomic E-state index is 13.2. The Hall–Kier alpha value is -2.25. The van der Waals surface area contributed by atoms with Crippen LogP contribution < -0.4 is 5.32 Å². The molecule has 1 aromatic heterocycles. The van der Waals surface area contributed by atoms with Crippen molar-refractivity contribution < 1.29 is 4.39 Å². The van der Waals surface area contributed by atoms with E-state index in [1.54, 1.807) is 6.20 Å². The third-order valence-electron chi connectivity index (χ3n) is 2.92. The molecule has 0 aliphatic heterocycles. The average Bonchev–Trinajstić information content (AvgIpc) is 2.46. The number of nitrogens with one attached hydrogen (secondary N) is 1. The Kier molecular flexibility index (Phi) is 4.22. The smallest absolute Gasteiger partial charge is 0.123 e. The van der Waals surface area contributed by atoms with Gasteiger partial charge in [0.1, 0.15) is 5.82 Å². The lowest BCUT2D eigenvalue weighted by atomic mass is 10.1. The largest absolute Gasteiger partial charge is 0.305 e. The van der Waals surface area contributed by atoms with Crippen LogP contribution in [0.2, 0.25) is 0 Å². The van der Waals surface area contributed by atoms with Gasteiger partial charge < -0.3 is 5.32 Å². The molecule has 0 saturated carbocycles. The molecular formula is C15H14FN3. The van der Waals surface area contributed by atoms with Gasteiger partial charge in [-0.3, -0.25) is 4.98 Å². The SMILES string of the molecule is C[C@@H](NCc1cc(F)ccc1C#N)c1ccccn1. The minimum absolute atomic E-state index is 0.0380. The zero-order valence-electron chi connectivity index (χ0n) is 10.6. The fourth-order valence-electron chi connectivity index (χ4n) is 1.82. The number of halogens is 1. The quantitative estimate of drug-likeness (QED) is 0.913. The summed E-state index contributed by atoms with van der Waals surface area (Å²) in [6, 6.07) is 12.0. The summed E-state index contributed by atoms with van der Waals surface area (Å²) >= 11 is 0. The summed E-state index contributed by atoms with van der Waals surface area (Å²) in [5.74, 6) is -0.332. The second-order valence-corrected chi connectivity index (χ2v) is 4.27. The van der Waals surface area contributed by atoms with Crippen molar-refractivity contribution in [3.63, 3.8) is 0 Å². The number of hydrogen-bond donors (Lipinski definition) is 1. The Morgan fingerprint density at radius 2 is 2.21 bits per heavy atom. The molecule has 0 radical (unpaired) electrons. The van der Waals surface area contributed by atoms with Crippen LogP contribution in [0, 0.1) is 17.1 Å². The number of benzene rings is 1. The molecule has 96 valence electrons. The third kappa shape index (κ3) is 3.36. The summed E-state index contributed by atoms with van der Waals surface area (Å²) in [6.07, 6.45) is 1.73. The molecule has 3 nitrogen and oxygen atoms in total. The van der Waals surface area contributed by atoms with Crippen molar-refractivity contribution >= 4 is 0 Å². The number of rotatable bonds is 4. The van der Waals surface area contributed by atoms with Gasteiger partial charge in [0, 0.05) is 18.8 Å². The van der Waals surface area contributed by atoms with E-state index < -0.39 is 0 Å². The van der Waals surface area contributed by atoms with Crippen LogP contribution in [0.5, 0.6) is 0 Å². The predicted octanol–water partition coefficient (Wildman–Crippen LogP) is 2.94. The molecule has 0 amide bonds. The van der Waals surface area contributed by atoms with Gasteiger partial charge in [-0.05, 0) is 42.8 Å². The first-order chi connectivity index (χ1) is 9.20. The summed E-state index contributed by atoms with van der Waals surface area (Å²) in [6.45, 7) is 2.41. The van der Waals surface area contributed by atoms with Gasteiger partial charge in [0.05, 0.1) is 17.3 Å². The number of nitrogens with zero attached hydrogens (tertiary/aromatic N) is 2. The Morgan fingerprint density at radius 1 is 1.37 bits per heavy atom. The molecule has 0 unspecified atom stereocenters. The van der Waals surface area contributed by atoms with E-state index in [9.17, 15) is 4.39 Å². The van der Waals surface area contributed by atoms with Crippen molar-refractivity contribution in [2.45, 2.75) is 19.5 Å². The predicted molar refractivity (Wildman–Crippen MR) is 70.6 cm³/mol. The van der Waals surface area contributed by atoms with Crippen LogP contribution in [-0.4, -0.2) is 4.98 Å². The molecule has 2 aromatic rings. The van der Waals surface area contributed by atoms with Crippen LogP contribution in [0.1, 0.15) is 29.8 Å². The molecule has 1 heterocycles. The van der Waals surface area contributed by atoms with Crippen LogP contribution >= 0.6 is 0 Å². The van der Waals surface area contributed by atoms with Crippen LogP contribution in [0.25, 0.3) is 0 Å². The monoisotopic (exact) mass is 255 g/mol. The highest BCUT2D eigenvalue weighted by molar-refractivity contribution is 5.37. The second kappa shape index (κ2) is 6.07. The summed E-state index contributed by atoms with van der Waals surface area (Å²) < 4.78 is 13.2. The lowest BCUT2D eigenvalue weighted by molar-refractivity contribution is 0.557. The van der Waals surface area contributed by atoms with E-state index in [2.05, 4.69) is 16.4 Å². The van der Waals surface area contributed by atoms with E-state index in [4.69, 9.17) is 5.26 Å². The van der Waals surface area contributed by atoms with Gasteiger partial charge in [-0.25, -0.2) is 4.39 Å². The number of nitriles is 1. The maximum absolute atomic E-state index is 13.2. The molecule has 4 heteroatoms. The van der Waals surface area contributed by atoms with E-state index in [0.717, 1.165) is 5.69 Å². The molecule has 19 heavy (non-hydrogen) atoms. The molecule has 2 rings (SSSR count). The summed E-state index contributed by atoms with van der Waals surface area (Å²) in [5, 5.41) is 12.2. The normalized spacial score (nSPS) is 11.8. The van der Waals surface area contributed by atoms with Crippen LogP contribution in [-0.2, 0) is 6.54 Å². The molecule has 1 aromatic carbocycles. The first-order valence-corrected chi connectivity index (χ1v) is 6.03. The van der Waals surface area contributed by atoms with Crippen LogP contribution in [0.3, 0.4) is 0 Å². The number of pyridine rings is 1. The fraction of sp³-hybridized carbons (Fsp3) is 0.200. The van der Waals surface area contributed by atoms with Crippen molar-refractivity contribution in [3.05, 3.63) is 65.2 Å². The zero-order chi connectivity index (χ0) is 13.7. The standard InChI is InChI=1S/C15H14FN3/c1-11(15-4-2-3-7-18-15)19-10-13-8-14(16)6-5-12(13)9-17/h2-8,11,19H,10H2,1H3/t11-/m1/s1. The van der Waals surface area contributed by atoms with E-state index in [1.165, 1.54) is 18.2 Å². The van der Waals surface area contributed by atoms with E-state index in [0.29, 0.717) is 17.7 Å². The lowest BCUT2D eigenvalue weighted by Gasteiger charge is -2.13. The lowest BCUT2D eigenvalue weighted by Crippen LogP contribution is -2.19. The molecule has 0 spiro atoms. The van der Waals surface area contributed by atoms with Gasteiger partial charge in [-0.2, -0.15) is 5.26 Å². The zero-order valence-corrected chi connectivity index (χ0v) is 10.6. The molecule has 1 atom stereocenters. The highest BCUT2D eigenvalue weighted by Gasteiger charge is 2.08. The van der Waals surface area contributed by atoms with Gasteiger partial charge in [-0.15, -0.1) is 0 Å². The van der Waals surface area contributed by atoms with Gasteiger partial charge >= 0.3 is 0 Å². The van der Waals surface area contributed by atoms with Gasteiger partial charge in [0.2, 0.25) is 0 Å². The van der Waals surface area contributed by atoms with Crippen molar-refractivity contribution in [2.24, 2.45) is 0 Å². The second-order valence-electron chi connectivity index (χ2n) is 4.27. The first-order valence-electron chi connectivity index (χ1n) is 6.03. The van der Waals surface area contributed by atoms with E-state index in [-0.39, 0.29) is 11.9 Å². The fourth-order valence-corrected chi connectivity index (χ4v) is 1.82. The molecule has 0 fully saturated rings. The maximum Gasteiger partial charge on any atom is 0.123 e. The van der Waals surface area contributed by atoms with Crippen molar-refractivity contribution in [1.29, 1.82) is 5.26 Å². The number of hydrogen-bond acceptors (Lipinski definition) is 3. The molecule has 0 aliphatic carbocycles. The van der Waals surface area contributed by atoms with Crippen molar-refractivity contribution in [2.75, 3.05) is 0 Å². The molecule has 0 bridgehead atoms. The van der Waals surface area contributed by atoms with Gasteiger partial charge in [0.15, 0.2) is 0 Å².